The molecule has 1 amide bonds. The van der Waals surface area contributed by atoms with Gasteiger partial charge < -0.3 is 15.2 Å². The first-order chi connectivity index (χ1) is 13.6. The minimum absolute atomic E-state index is 0.0797. The fourth-order valence-electron chi connectivity index (χ4n) is 3.68. The topological polar surface area (TPSA) is 111 Å². The van der Waals surface area contributed by atoms with Crippen molar-refractivity contribution in [2.45, 2.75) is 45.2 Å². The van der Waals surface area contributed by atoms with E-state index in [4.69, 9.17) is 5.26 Å². The molecule has 3 aromatic rings. The molecule has 0 bridgehead atoms. The van der Waals surface area contributed by atoms with Gasteiger partial charge in [-0.2, -0.15) is 5.26 Å². The minimum atomic E-state index is -0.108. The number of aromatic amines is 1. The molecule has 2 N–H and O–H groups in total. The Hall–Kier alpha value is -2.99. The predicted molar refractivity (Wildman–Crippen MR) is 108 cm³/mol. The Morgan fingerprint density at radius 1 is 1.46 bits per heavy atom. The second-order valence-corrected chi connectivity index (χ2v) is 8.24. The third-order valence-corrected chi connectivity index (χ3v) is 6.00. The number of aryl methyl sites for hydroxylation is 1. The number of rotatable bonds is 4. The number of hydrogen-bond donors (Lipinski definition) is 2. The van der Waals surface area contributed by atoms with Crippen LogP contribution in [0.4, 0.5) is 5.69 Å². The Kier molecular flexibility index (Phi) is 4.96. The molecule has 2 atom stereocenters. The number of likely N-dealkylation sites (tertiary alicyclic amines) is 1. The summed E-state index contributed by atoms with van der Waals surface area (Å²) in [6, 6.07) is 4.19. The second kappa shape index (κ2) is 7.56. The predicted octanol–water partition coefficient (Wildman–Crippen LogP) is 3.09. The molecule has 144 valence electrons. The van der Waals surface area contributed by atoms with Gasteiger partial charge in [0, 0.05) is 36.4 Å². The Labute approximate surface area is 166 Å². The van der Waals surface area contributed by atoms with E-state index >= 15 is 0 Å². The summed E-state index contributed by atoms with van der Waals surface area (Å²) in [5, 5.41) is 23.6. The molecule has 0 radical (unpaired) electrons. The molecule has 1 fully saturated rings. The van der Waals surface area contributed by atoms with E-state index in [0.29, 0.717) is 6.54 Å². The lowest BCUT2D eigenvalue weighted by Gasteiger charge is -2.38. The monoisotopic (exact) mass is 395 g/mol. The number of piperidine rings is 1. The van der Waals surface area contributed by atoms with Gasteiger partial charge in [-0.05, 0) is 32.8 Å². The Morgan fingerprint density at radius 3 is 3.07 bits per heavy atom. The normalized spacial score (nSPS) is 19.5. The summed E-state index contributed by atoms with van der Waals surface area (Å²) in [5.41, 5.74) is 2.66. The molecule has 0 spiro atoms. The molecule has 4 heterocycles. The van der Waals surface area contributed by atoms with Crippen molar-refractivity contribution >= 4 is 34.0 Å². The highest BCUT2D eigenvalue weighted by atomic mass is 32.1. The summed E-state index contributed by atoms with van der Waals surface area (Å²) in [7, 11) is 0. The van der Waals surface area contributed by atoms with Crippen LogP contribution in [0.3, 0.4) is 0 Å². The van der Waals surface area contributed by atoms with Crippen LogP contribution in [0.25, 0.3) is 21.6 Å². The van der Waals surface area contributed by atoms with Gasteiger partial charge in [-0.25, -0.2) is 4.98 Å². The number of anilines is 1. The first-order valence-corrected chi connectivity index (χ1v) is 10.1. The molecule has 28 heavy (non-hydrogen) atoms. The number of fused-ring (bicyclic) bond motifs is 1. The van der Waals surface area contributed by atoms with Crippen molar-refractivity contribution in [3.8, 4) is 16.6 Å². The van der Waals surface area contributed by atoms with Crippen LogP contribution in [0.5, 0.6) is 0 Å². The SMILES string of the molecule is Cc1nnc(-c2cnc3[nH]ccc3c2N[C@@H]2CC[C@H](C)N(C(=O)CC#N)C2)s1. The van der Waals surface area contributed by atoms with Gasteiger partial charge in [0.05, 0.1) is 17.3 Å². The molecule has 0 saturated carbocycles. The van der Waals surface area contributed by atoms with Gasteiger partial charge in [-0.1, -0.05) is 11.3 Å². The average Bonchev–Trinajstić information content (AvgIpc) is 3.32. The zero-order valence-corrected chi connectivity index (χ0v) is 16.6. The maximum atomic E-state index is 12.3. The molecule has 1 aliphatic heterocycles. The number of nitriles is 1. The highest BCUT2D eigenvalue weighted by Crippen LogP contribution is 2.36. The van der Waals surface area contributed by atoms with Crippen molar-refractivity contribution in [2.75, 3.05) is 11.9 Å². The number of carbonyl (C=O) groups is 1. The Balaban J connectivity index is 1.66. The molecule has 1 aliphatic rings. The van der Waals surface area contributed by atoms with Gasteiger partial charge in [-0.3, -0.25) is 4.79 Å². The van der Waals surface area contributed by atoms with Crippen LogP contribution in [0.2, 0.25) is 0 Å². The Morgan fingerprint density at radius 2 is 2.32 bits per heavy atom. The first-order valence-electron chi connectivity index (χ1n) is 9.26. The summed E-state index contributed by atoms with van der Waals surface area (Å²) in [5.74, 6) is -0.108. The molecule has 9 heteroatoms. The highest BCUT2D eigenvalue weighted by Gasteiger charge is 2.29. The summed E-state index contributed by atoms with van der Waals surface area (Å²) < 4.78 is 0. The molecule has 0 aromatic carbocycles. The third-order valence-electron chi connectivity index (χ3n) is 5.12. The maximum absolute atomic E-state index is 12.3. The Bertz CT molecular complexity index is 1050. The molecule has 0 aliphatic carbocycles. The number of nitrogens with one attached hydrogen (secondary N) is 2. The van der Waals surface area contributed by atoms with Gasteiger partial charge in [0.25, 0.3) is 0 Å². The molecule has 1 saturated heterocycles. The van der Waals surface area contributed by atoms with Gasteiger partial charge in [-0.15, -0.1) is 10.2 Å². The number of H-pyrrole nitrogens is 1. The van der Waals surface area contributed by atoms with E-state index in [9.17, 15) is 4.79 Å². The number of amides is 1. The van der Waals surface area contributed by atoms with Crippen LogP contribution in [0.15, 0.2) is 18.5 Å². The van der Waals surface area contributed by atoms with E-state index in [1.54, 1.807) is 0 Å². The van der Waals surface area contributed by atoms with Crippen LogP contribution in [0, 0.1) is 18.3 Å². The van der Waals surface area contributed by atoms with Gasteiger partial charge in [0.15, 0.2) is 5.01 Å². The number of nitrogens with zero attached hydrogens (tertiary/aromatic N) is 5. The van der Waals surface area contributed by atoms with Crippen LogP contribution in [-0.4, -0.2) is 49.6 Å². The third kappa shape index (κ3) is 3.43. The van der Waals surface area contributed by atoms with E-state index in [-0.39, 0.29) is 24.4 Å². The van der Waals surface area contributed by atoms with Crippen LogP contribution in [0.1, 0.15) is 31.2 Å². The van der Waals surface area contributed by atoms with E-state index < -0.39 is 0 Å². The summed E-state index contributed by atoms with van der Waals surface area (Å²) in [4.78, 5) is 21.8. The fraction of sp³-hybridized carbons (Fsp3) is 0.421. The van der Waals surface area contributed by atoms with Crippen molar-refractivity contribution in [3.63, 3.8) is 0 Å². The highest BCUT2D eigenvalue weighted by molar-refractivity contribution is 7.14. The fourth-order valence-corrected chi connectivity index (χ4v) is 4.38. The van der Waals surface area contributed by atoms with Crippen molar-refractivity contribution in [1.82, 2.24) is 25.1 Å². The molecular weight excluding hydrogens is 374 g/mol. The molecule has 3 aromatic heterocycles. The molecule has 8 nitrogen and oxygen atoms in total. The lowest BCUT2D eigenvalue weighted by atomic mass is 9.98. The van der Waals surface area contributed by atoms with Crippen LogP contribution in [-0.2, 0) is 4.79 Å². The van der Waals surface area contributed by atoms with Crippen molar-refractivity contribution in [3.05, 3.63) is 23.5 Å². The second-order valence-electron chi connectivity index (χ2n) is 7.06. The summed E-state index contributed by atoms with van der Waals surface area (Å²) in [6.45, 7) is 4.54. The van der Waals surface area contributed by atoms with Gasteiger partial charge >= 0.3 is 0 Å². The van der Waals surface area contributed by atoms with Crippen molar-refractivity contribution in [2.24, 2.45) is 0 Å². The van der Waals surface area contributed by atoms with Crippen LogP contribution < -0.4 is 5.32 Å². The summed E-state index contributed by atoms with van der Waals surface area (Å²) in [6.07, 6.45) is 5.43. The van der Waals surface area contributed by atoms with Gasteiger partial charge in [0.2, 0.25) is 5.91 Å². The number of pyridine rings is 1. The van der Waals surface area contributed by atoms with Crippen molar-refractivity contribution in [1.29, 1.82) is 5.26 Å². The maximum Gasteiger partial charge on any atom is 0.237 e. The van der Waals surface area contributed by atoms with E-state index in [1.165, 1.54) is 11.3 Å². The largest absolute Gasteiger partial charge is 0.379 e. The van der Waals surface area contributed by atoms with Crippen molar-refractivity contribution < 1.29 is 4.79 Å². The van der Waals surface area contributed by atoms with E-state index in [0.717, 1.165) is 45.1 Å². The van der Waals surface area contributed by atoms with E-state index in [1.807, 2.05) is 43.3 Å². The number of carbonyl (C=O) groups excluding carboxylic acids is 1. The minimum Gasteiger partial charge on any atom is -0.379 e. The smallest absolute Gasteiger partial charge is 0.237 e. The average molecular weight is 395 g/mol. The summed E-state index contributed by atoms with van der Waals surface area (Å²) >= 11 is 1.53. The zero-order chi connectivity index (χ0) is 19.7. The lowest BCUT2D eigenvalue weighted by molar-refractivity contribution is -0.133. The first kappa shape index (κ1) is 18.4. The lowest BCUT2D eigenvalue weighted by Crippen LogP contribution is -2.49. The molecule has 0 unspecified atom stereocenters. The number of hydrogen-bond acceptors (Lipinski definition) is 7. The van der Waals surface area contributed by atoms with Crippen LogP contribution >= 0.6 is 11.3 Å². The number of aromatic nitrogens is 4. The van der Waals surface area contributed by atoms with E-state index in [2.05, 4.69) is 25.5 Å². The molecular formula is C19H21N7OS. The quantitative estimate of drug-likeness (QED) is 0.702. The van der Waals surface area contributed by atoms with Gasteiger partial charge in [0.1, 0.15) is 17.1 Å². The standard InChI is InChI=1S/C19H21N7OS/c1-11-3-4-13(10-26(11)16(27)5-7-20)23-17-14-6-8-21-18(14)22-9-15(17)19-25-24-12(2)28-19/h6,8-9,11,13H,3-5,10H2,1-2H3,(H2,21,22,23)/t11-,13+/m0/s1. The molecule has 4 rings (SSSR count). The zero-order valence-electron chi connectivity index (χ0n) is 15.8.